The van der Waals surface area contributed by atoms with Crippen molar-refractivity contribution in [2.75, 3.05) is 12.4 Å². The first-order chi connectivity index (χ1) is 16.5. The number of fused-ring (bicyclic) bond motifs is 3. The highest BCUT2D eigenvalue weighted by atomic mass is 35.5. The molecule has 6 rings (SSSR count). The van der Waals surface area contributed by atoms with Crippen LogP contribution in [0.5, 0.6) is 11.5 Å². The summed E-state index contributed by atoms with van der Waals surface area (Å²) in [5, 5.41) is 9.65. The Morgan fingerprint density at radius 3 is 2.50 bits per heavy atom. The fourth-order valence-corrected chi connectivity index (χ4v) is 5.20. The topological polar surface area (TPSA) is 61.2 Å². The number of hydrogen-bond donors (Lipinski definition) is 1. The van der Waals surface area contributed by atoms with E-state index in [4.69, 9.17) is 44.3 Å². The van der Waals surface area contributed by atoms with Crippen molar-refractivity contribution in [1.29, 1.82) is 0 Å². The van der Waals surface area contributed by atoms with Gasteiger partial charge in [-0.05, 0) is 53.6 Å². The number of benzene rings is 3. The Morgan fingerprint density at radius 1 is 0.971 bits per heavy atom. The van der Waals surface area contributed by atoms with Crippen LogP contribution < -0.4 is 14.8 Å². The first-order valence-electron chi connectivity index (χ1n) is 10.5. The average molecular weight is 512 g/mol. The molecule has 3 heterocycles. The number of hydrogen-bond acceptors (Lipinski definition) is 5. The number of rotatable bonds is 3. The number of halogens is 3. The van der Waals surface area contributed by atoms with Gasteiger partial charge in [0.2, 0.25) is 5.95 Å². The minimum Gasteiger partial charge on any atom is -0.497 e. The molecule has 170 valence electrons. The third-order valence-electron chi connectivity index (χ3n) is 6.05. The minimum atomic E-state index is -0.434. The molecule has 2 atom stereocenters. The third-order valence-corrected chi connectivity index (χ3v) is 6.85. The molecule has 2 aliphatic heterocycles. The van der Waals surface area contributed by atoms with E-state index in [0.29, 0.717) is 26.8 Å². The zero-order valence-electron chi connectivity index (χ0n) is 17.8. The average Bonchev–Trinajstić information content (AvgIpc) is 3.31. The van der Waals surface area contributed by atoms with Crippen molar-refractivity contribution in [3.8, 4) is 11.5 Å². The largest absolute Gasteiger partial charge is 0.497 e. The lowest BCUT2D eigenvalue weighted by Gasteiger charge is -2.39. The van der Waals surface area contributed by atoms with Gasteiger partial charge in [0.05, 0.1) is 12.8 Å². The zero-order valence-corrected chi connectivity index (χ0v) is 20.1. The molecule has 6 nitrogen and oxygen atoms in total. The normalized spacial score (nSPS) is 18.4. The van der Waals surface area contributed by atoms with Crippen LogP contribution in [0.3, 0.4) is 0 Å². The summed E-state index contributed by atoms with van der Waals surface area (Å²) < 4.78 is 13.8. The van der Waals surface area contributed by atoms with Crippen LogP contribution in [-0.4, -0.2) is 21.9 Å². The standard InChI is InChI=1S/C25H17Cl3N4O2/c1-33-16-6-2-13(3-7-16)24-21-22(18-10-14(26)5-9-20(18)34-24)31-25-29-12-30-32(25)23(21)17-8-4-15(27)11-19(17)28/h2-12,23-24H,1H3,(H,29,30,31)/t23-,24-/m0/s1. The van der Waals surface area contributed by atoms with Crippen LogP contribution in [0.4, 0.5) is 5.95 Å². The maximum absolute atomic E-state index is 6.72. The van der Waals surface area contributed by atoms with Crippen LogP contribution in [-0.2, 0) is 0 Å². The Morgan fingerprint density at radius 2 is 1.74 bits per heavy atom. The van der Waals surface area contributed by atoms with E-state index in [0.717, 1.165) is 33.7 Å². The van der Waals surface area contributed by atoms with Crippen LogP contribution in [0, 0.1) is 0 Å². The zero-order chi connectivity index (χ0) is 23.4. The lowest BCUT2D eigenvalue weighted by Crippen LogP contribution is -2.32. The van der Waals surface area contributed by atoms with Crippen molar-refractivity contribution < 1.29 is 9.47 Å². The first kappa shape index (κ1) is 21.4. The molecule has 34 heavy (non-hydrogen) atoms. The summed E-state index contributed by atoms with van der Waals surface area (Å²) in [4.78, 5) is 4.43. The van der Waals surface area contributed by atoms with E-state index in [9.17, 15) is 0 Å². The number of ether oxygens (including phenoxy) is 2. The van der Waals surface area contributed by atoms with E-state index in [1.807, 2.05) is 59.3 Å². The van der Waals surface area contributed by atoms with Gasteiger partial charge >= 0.3 is 0 Å². The molecule has 0 unspecified atom stereocenters. The molecular formula is C25H17Cl3N4O2. The maximum atomic E-state index is 6.72. The fourth-order valence-electron chi connectivity index (χ4n) is 4.52. The van der Waals surface area contributed by atoms with Crippen molar-refractivity contribution in [3.63, 3.8) is 0 Å². The van der Waals surface area contributed by atoms with Gasteiger partial charge in [0.1, 0.15) is 30.0 Å². The second-order valence-corrected chi connectivity index (χ2v) is 9.24. The highest BCUT2D eigenvalue weighted by Gasteiger charge is 2.41. The lowest BCUT2D eigenvalue weighted by molar-refractivity contribution is 0.223. The summed E-state index contributed by atoms with van der Waals surface area (Å²) in [5.74, 6) is 2.07. The van der Waals surface area contributed by atoms with Crippen LogP contribution in [0.2, 0.25) is 15.1 Å². The maximum Gasteiger partial charge on any atom is 0.226 e. The molecule has 1 N–H and O–H groups in total. The van der Waals surface area contributed by atoms with Crippen LogP contribution in [0.25, 0.3) is 5.70 Å². The monoisotopic (exact) mass is 510 g/mol. The fraction of sp³-hybridized carbons (Fsp3) is 0.120. The molecule has 0 saturated heterocycles. The Kier molecular flexibility index (Phi) is 5.17. The SMILES string of the molecule is COc1ccc([C@@H]2Oc3ccc(Cl)cc3C3=C2[C@H](c2ccc(Cl)cc2Cl)n2ncnc2N3)cc1. The highest BCUT2D eigenvalue weighted by molar-refractivity contribution is 6.35. The number of methoxy groups -OCH3 is 1. The molecule has 0 fully saturated rings. The van der Waals surface area contributed by atoms with Crippen molar-refractivity contribution in [1.82, 2.24) is 14.8 Å². The molecule has 0 radical (unpaired) electrons. The molecule has 0 amide bonds. The summed E-state index contributed by atoms with van der Waals surface area (Å²) in [5.41, 5.74) is 4.42. The molecule has 0 aliphatic carbocycles. The quantitative estimate of drug-likeness (QED) is 0.327. The van der Waals surface area contributed by atoms with E-state index in [1.165, 1.54) is 6.33 Å². The van der Waals surface area contributed by atoms with Gasteiger partial charge in [-0.25, -0.2) is 4.68 Å². The van der Waals surface area contributed by atoms with E-state index in [-0.39, 0.29) is 0 Å². The predicted molar refractivity (Wildman–Crippen MR) is 133 cm³/mol. The summed E-state index contributed by atoms with van der Waals surface area (Å²) in [6, 6.07) is 18.5. The Bertz CT molecular complexity index is 1450. The van der Waals surface area contributed by atoms with Gasteiger partial charge < -0.3 is 14.8 Å². The summed E-state index contributed by atoms with van der Waals surface area (Å²) in [6.45, 7) is 0. The predicted octanol–water partition coefficient (Wildman–Crippen LogP) is 6.81. The summed E-state index contributed by atoms with van der Waals surface area (Å²) in [7, 11) is 1.64. The summed E-state index contributed by atoms with van der Waals surface area (Å²) in [6.07, 6.45) is 1.08. The van der Waals surface area contributed by atoms with E-state index < -0.39 is 12.1 Å². The van der Waals surface area contributed by atoms with Crippen molar-refractivity contribution in [3.05, 3.63) is 104 Å². The van der Waals surface area contributed by atoms with E-state index in [2.05, 4.69) is 15.4 Å². The molecular weight excluding hydrogens is 495 g/mol. The van der Waals surface area contributed by atoms with Gasteiger partial charge in [-0.2, -0.15) is 10.1 Å². The van der Waals surface area contributed by atoms with Gasteiger partial charge in [-0.3, -0.25) is 0 Å². The van der Waals surface area contributed by atoms with Crippen LogP contribution >= 0.6 is 34.8 Å². The number of nitrogens with one attached hydrogen (secondary N) is 1. The third kappa shape index (κ3) is 3.41. The molecule has 1 aromatic heterocycles. The Balaban J connectivity index is 1.63. The molecule has 0 saturated carbocycles. The van der Waals surface area contributed by atoms with Gasteiger partial charge in [0, 0.05) is 26.2 Å². The lowest BCUT2D eigenvalue weighted by atomic mass is 9.84. The van der Waals surface area contributed by atoms with Gasteiger partial charge in [-0.1, -0.05) is 53.0 Å². The van der Waals surface area contributed by atoms with E-state index >= 15 is 0 Å². The van der Waals surface area contributed by atoms with Gasteiger partial charge in [-0.15, -0.1) is 0 Å². The highest BCUT2D eigenvalue weighted by Crippen LogP contribution is 2.52. The number of aromatic nitrogens is 3. The Labute approximate surface area is 210 Å². The number of anilines is 1. The first-order valence-corrected chi connectivity index (χ1v) is 11.6. The second-order valence-electron chi connectivity index (χ2n) is 7.96. The second kappa shape index (κ2) is 8.24. The molecule has 0 spiro atoms. The molecule has 2 aliphatic rings. The van der Waals surface area contributed by atoms with Crippen molar-refractivity contribution in [2.24, 2.45) is 0 Å². The number of nitrogens with zero attached hydrogens (tertiary/aromatic N) is 3. The van der Waals surface area contributed by atoms with Gasteiger partial charge in [0.25, 0.3) is 0 Å². The molecule has 9 heteroatoms. The molecule has 4 aromatic rings. The Hall–Kier alpha value is -3.19. The molecule has 3 aromatic carbocycles. The van der Waals surface area contributed by atoms with Crippen LogP contribution in [0.15, 0.2) is 72.6 Å². The van der Waals surface area contributed by atoms with E-state index in [1.54, 1.807) is 13.2 Å². The van der Waals surface area contributed by atoms with Gasteiger partial charge in [0.15, 0.2) is 0 Å². The summed E-state index contributed by atoms with van der Waals surface area (Å²) >= 11 is 19.3. The van der Waals surface area contributed by atoms with Crippen LogP contribution in [0.1, 0.15) is 28.8 Å². The van der Waals surface area contributed by atoms with Crippen molar-refractivity contribution >= 4 is 46.4 Å². The van der Waals surface area contributed by atoms with Crippen molar-refractivity contribution in [2.45, 2.75) is 12.1 Å². The molecule has 0 bridgehead atoms. The minimum absolute atomic E-state index is 0.391. The smallest absolute Gasteiger partial charge is 0.226 e.